The lowest BCUT2D eigenvalue weighted by Gasteiger charge is -2.29. The van der Waals surface area contributed by atoms with E-state index in [4.69, 9.17) is 16.3 Å². The largest absolute Gasteiger partial charge is 0.383 e. The van der Waals surface area contributed by atoms with Gasteiger partial charge in [0.25, 0.3) is 0 Å². The number of halogens is 1. The van der Waals surface area contributed by atoms with Crippen molar-refractivity contribution in [3.63, 3.8) is 0 Å². The summed E-state index contributed by atoms with van der Waals surface area (Å²) in [4.78, 5) is 2.39. The lowest BCUT2D eigenvalue weighted by atomic mass is 10.1. The molecule has 1 aliphatic carbocycles. The van der Waals surface area contributed by atoms with Crippen molar-refractivity contribution >= 4 is 17.3 Å². The maximum absolute atomic E-state index is 6.45. The van der Waals surface area contributed by atoms with Crippen molar-refractivity contribution in [1.29, 1.82) is 0 Å². The van der Waals surface area contributed by atoms with Crippen LogP contribution in [0.2, 0.25) is 5.02 Å². The summed E-state index contributed by atoms with van der Waals surface area (Å²) < 4.78 is 5.26. The number of methoxy groups -OCH3 is 1. The SMILES string of the molecule is COCCN(CC(C)C)c1cccc(Cl)c1CNC1CC1. The highest BCUT2D eigenvalue weighted by molar-refractivity contribution is 6.31. The van der Waals surface area contributed by atoms with Gasteiger partial charge in [-0.15, -0.1) is 0 Å². The van der Waals surface area contributed by atoms with E-state index in [1.807, 2.05) is 12.1 Å². The third-order valence-electron chi connectivity index (χ3n) is 3.73. The van der Waals surface area contributed by atoms with Crippen LogP contribution in [0.25, 0.3) is 0 Å². The van der Waals surface area contributed by atoms with E-state index >= 15 is 0 Å². The van der Waals surface area contributed by atoms with Gasteiger partial charge in [0, 0.05) is 49.1 Å². The molecule has 0 aliphatic heterocycles. The highest BCUT2D eigenvalue weighted by Crippen LogP contribution is 2.29. The number of ether oxygens (including phenoxy) is 1. The van der Waals surface area contributed by atoms with Crippen LogP contribution in [0.15, 0.2) is 18.2 Å². The van der Waals surface area contributed by atoms with Crippen LogP contribution in [0.1, 0.15) is 32.3 Å². The van der Waals surface area contributed by atoms with Crippen LogP contribution in [0, 0.1) is 5.92 Å². The first-order valence-corrected chi connectivity index (χ1v) is 8.24. The Labute approximate surface area is 133 Å². The number of nitrogens with zero attached hydrogens (tertiary/aromatic N) is 1. The molecule has 0 radical (unpaired) electrons. The molecule has 0 amide bonds. The van der Waals surface area contributed by atoms with Gasteiger partial charge in [-0.1, -0.05) is 31.5 Å². The zero-order valence-electron chi connectivity index (χ0n) is 13.4. The smallest absolute Gasteiger partial charge is 0.0637 e. The van der Waals surface area contributed by atoms with E-state index in [9.17, 15) is 0 Å². The monoisotopic (exact) mass is 310 g/mol. The first-order valence-electron chi connectivity index (χ1n) is 7.86. The molecule has 1 aliphatic rings. The average molecular weight is 311 g/mol. The fourth-order valence-electron chi connectivity index (χ4n) is 2.50. The summed E-state index contributed by atoms with van der Waals surface area (Å²) >= 11 is 6.45. The Morgan fingerprint density at radius 3 is 2.76 bits per heavy atom. The van der Waals surface area contributed by atoms with Crippen molar-refractivity contribution in [3.8, 4) is 0 Å². The highest BCUT2D eigenvalue weighted by Gasteiger charge is 2.22. The molecule has 118 valence electrons. The molecule has 1 aromatic carbocycles. The molecule has 0 bridgehead atoms. The van der Waals surface area contributed by atoms with Gasteiger partial charge >= 0.3 is 0 Å². The van der Waals surface area contributed by atoms with Crippen LogP contribution in [0.3, 0.4) is 0 Å². The van der Waals surface area contributed by atoms with Crippen molar-refractivity contribution in [2.75, 3.05) is 31.7 Å². The number of hydrogen-bond acceptors (Lipinski definition) is 3. The summed E-state index contributed by atoms with van der Waals surface area (Å²) in [5, 5.41) is 4.43. The summed E-state index contributed by atoms with van der Waals surface area (Å²) in [7, 11) is 1.75. The Bertz CT molecular complexity index is 446. The topological polar surface area (TPSA) is 24.5 Å². The molecule has 1 saturated carbocycles. The van der Waals surface area contributed by atoms with Crippen molar-refractivity contribution in [2.24, 2.45) is 5.92 Å². The molecule has 1 N–H and O–H groups in total. The number of rotatable bonds is 9. The third kappa shape index (κ3) is 5.17. The molecule has 0 unspecified atom stereocenters. The molecule has 1 aromatic rings. The Hall–Kier alpha value is -0.770. The second-order valence-electron chi connectivity index (χ2n) is 6.23. The number of anilines is 1. The average Bonchev–Trinajstić information content (AvgIpc) is 3.25. The lowest BCUT2D eigenvalue weighted by molar-refractivity contribution is 0.204. The molecular weight excluding hydrogens is 284 g/mol. The van der Waals surface area contributed by atoms with E-state index < -0.39 is 0 Å². The van der Waals surface area contributed by atoms with E-state index in [0.29, 0.717) is 12.0 Å². The quantitative estimate of drug-likeness (QED) is 0.752. The third-order valence-corrected chi connectivity index (χ3v) is 4.08. The van der Waals surface area contributed by atoms with Crippen LogP contribution >= 0.6 is 11.6 Å². The second kappa shape index (κ2) is 8.02. The minimum atomic E-state index is 0.602. The Morgan fingerprint density at radius 2 is 2.14 bits per heavy atom. The molecule has 0 atom stereocenters. The Kier molecular flexibility index (Phi) is 6.34. The molecule has 4 heteroatoms. The molecule has 21 heavy (non-hydrogen) atoms. The van der Waals surface area contributed by atoms with Crippen LogP contribution in [0.5, 0.6) is 0 Å². The highest BCUT2D eigenvalue weighted by atomic mass is 35.5. The zero-order valence-corrected chi connectivity index (χ0v) is 14.1. The van der Waals surface area contributed by atoms with Gasteiger partial charge in [-0.2, -0.15) is 0 Å². The predicted octanol–water partition coefficient (Wildman–Crippen LogP) is 3.70. The van der Waals surface area contributed by atoms with Gasteiger partial charge in [0.2, 0.25) is 0 Å². The van der Waals surface area contributed by atoms with Gasteiger partial charge in [-0.05, 0) is 30.9 Å². The van der Waals surface area contributed by atoms with Crippen molar-refractivity contribution in [2.45, 2.75) is 39.3 Å². The molecular formula is C17H27ClN2O. The van der Waals surface area contributed by atoms with Gasteiger partial charge in [-0.3, -0.25) is 0 Å². The molecule has 2 rings (SSSR count). The number of benzene rings is 1. The standard InChI is InChI=1S/C17H27ClN2O/c1-13(2)12-20(9-10-21-3)17-6-4-5-16(18)15(17)11-19-14-7-8-14/h4-6,13-14,19H,7-12H2,1-3H3. The predicted molar refractivity (Wildman–Crippen MR) is 90.2 cm³/mol. The minimum Gasteiger partial charge on any atom is -0.383 e. The van der Waals surface area contributed by atoms with E-state index in [-0.39, 0.29) is 0 Å². The van der Waals surface area contributed by atoms with Crippen LogP contribution < -0.4 is 10.2 Å². The fourth-order valence-corrected chi connectivity index (χ4v) is 2.74. The molecule has 0 spiro atoms. The minimum absolute atomic E-state index is 0.602. The van der Waals surface area contributed by atoms with Gasteiger partial charge in [0.05, 0.1) is 6.61 Å². The molecule has 3 nitrogen and oxygen atoms in total. The summed E-state index contributed by atoms with van der Waals surface area (Å²) in [5.41, 5.74) is 2.45. The van der Waals surface area contributed by atoms with E-state index in [1.54, 1.807) is 7.11 Å². The maximum Gasteiger partial charge on any atom is 0.0637 e. The van der Waals surface area contributed by atoms with Crippen molar-refractivity contribution in [1.82, 2.24) is 5.32 Å². The van der Waals surface area contributed by atoms with Gasteiger partial charge < -0.3 is 15.0 Å². The van der Waals surface area contributed by atoms with Gasteiger partial charge in [0.15, 0.2) is 0 Å². The number of hydrogen-bond donors (Lipinski definition) is 1. The zero-order chi connectivity index (χ0) is 15.2. The first-order chi connectivity index (χ1) is 10.1. The summed E-state index contributed by atoms with van der Waals surface area (Å²) in [5.74, 6) is 0.602. The van der Waals surface area contributed by atoms with Crippen molar-refractivity contribution in [3.05, 3.63) is 28.8 Å². The molecule has 0 heterocycles. The Morgan fingerprint density at radius 1 is 1.38 bits per heavy atom. The van der Waals surface area contributed by atoms with E-state index in [1.165, 1.54) is 24.1 Å². The fraction of sp³-hybridized carbons (Fsp3) is 0.647. The van der Waals surface area contributed by atoms with Gasteiger partial charge in [0.1, 0.15) is 0 Å². The van der Waals surface area contributed by atoms with Crippen LogP contribution in [0.4, 0.5) is 5.69 Å². The second-order valence-corrected chi connectivity index (χ2v) is 6.63. The maximum atomic E-state index is 6.45. The summed E-state index contributed by atoms with van der Waals surface area (Å²) in [6, 6.07) is 6.89. The molecule has 1 fully saturated rings. The Balaban J connectivity index is 2.17. The molecule has 0 saturated heterocycles. The molecule has 0 aromatic heterocycles. The first kappa shape index (κ1) is 16.6. The lowest BCUT2D eigenvalue weighted by Crippen LogP contribution is -2.32. The summed E-state index contributed by atoms with van der Waals surface area (Å²) in [6.07, 6.45) is 2.58. The van der Waals surface area contributed by atoms with Crippen LogP contribution in [-0.2, 0) is 11.3 Å². The summed E-state index contributed by atoms with van der Waals surface area (Å²) in [6.45, 7) is 7.97. The number of nitrogens with one attached hydrogen (secondary N) is 1. The van der Waals surface area contributed by atoms with E-state index in [2.05, 4.69) is 30.1 Å². The van der Waals surface area contributed by atoms with Crippen LogP contribution in [-0.4, -0.2) is 32.8 Å². The van der Waals surface area contributed by atoms with Crippen molar-refractivity contribution < 1.29 is 4.74 Å². The van der Waals surface area contributed by atoms with E-state index in [0.717, 1.165) is 31.3 Å². The van der Waals surface area contributed by atoms with Gasteiger partial charge in [-0.25, -0.2) is 0 Å². The normalized spacial score (nSPS) is 14.7.